The number of nitrogens with one attached hydrogen (secondary N) is 2. The van der Waals surface area contributed by atoms with E-state index in [1.807, 2.05) is 0 Å². The van der Waals surface area contributed by atoms with Gasteiger partial charge in [-0.2, -0.15) is 0 Å². The first-order valence-corrected chi connectivity index (χ1v) is 10.1. The Kier molecular flexibility index (Phi) is 7.00. The average molecular weight is 426 g/mol. The smallest absolute Gasteiger partial charge is 0.255 e. The first-order valence-electron chi connectivity index (χ1n) is 8.17. The van der Waals surface area contributed by atoms with Crippen LogP contribution in [0, 0.1) is 0 Å². The van der Waals surface area contributed by atoms with Crippen molar-refractivity contribution in [2.24, 2.45) is 5.14 Å². The predicted octanol–water partition coefficient (Wildman–Crippen LogP) is 1.93. The van der Waals surface area contributed by atoms with Gasteiger partial charge in [-0.3, -0.25) is 9.59 Å². The normalized spacial score (nSPS) is 11.0. The minimum absolute atomic E-state index is 0.0268. The van der Waals surface area contributed by atoms with E-state index < -0.39 is 15.9 Å². The third-order valence-electron chi connectivity index (χ3n) is 3.80. The number of primary sulfonamides is 1. The number of carbonyl (C=O) groups excluding carboxylic acids is 2. The minimum Gasteiger partial charge on any atom is -0.496 e. The van der Waals surface area contributed by atoms with Gasteiger partial charge in [0.1, 0.15) is 5.75 Å². The summed E-state index contributed by atoms with van der Waals surface area (Å²) in [5, 5.41) is 10.6. The number of ether oxygens (including phenoxy) is 1. The largest absolute Gasteiger partial charge is 0.496 e. The number of benzene rings is 2. The number of carbonyl (C=O) groups is 2. The van der Waals surface area contributed by atoms with Gasteiger partial charge >= 0.3 is 0 Å². The molecule has 0 spiro atoms. The lowest BCUT2D eigenvalue weighted by atomic mass is 10.1. The average Bonchev–Trinajstić information content (AvgIpc) is 2.62. The summed E-state index contributed by atoms with van der Waals surface area (Å²) in [7, 11) is -2.33. The highest BCUT2D eigenvalue weighted by molar-refractivity contribution is 7.89. The second-order valence-electron chi connectivity index (χ2n) is 5.91. The zero-order valence-corrected chi connectivity index (χ0v) is 16.9. The molecule has 0 radical (unpaired) electrons. The molecule has 2 aromatic carbocycles. The summed E-state index contributed by atoms with van der Waals surface area (Å²) in [4.78, 5) is 23.7. The molecule has 0 heterocycles. The number of amides is 2. The van der Waals surface area contributed by atoms with E-state index in [0.717, 1.165) is 5.56 Å². The number of halogens is 1. The highest BCUT2D eigenvalue weighted by atomic mass is 35.5. The summed E-state index contributed by atoms with van der Waals surface area (Å²) in [6, 6.07) is 8.98. The van der Waals surface area contributed by atoms with E-state index in [1.165, 1.54) is 38.3 Å². The highest BCUT2D eigenvalue weighted by Gasteiger charge is 2.16. The molecule has 0 unspecified atom stereocenters. The molecule has 0 aliphatic carbocycles. The number of methoxy groups -OCH3 is 1. The lowest BCUT2D eigenvalue weighted by Gasteiger charge is -2.13. The lowest BCUT2D eigenvalue weighted by molar-refractivity contribution is -0.114. The van der Waals surface area contributed by atoms with Crippen LogP contribution in [-0.4, -0.2) is 33.9 Å². The van der Waals surface area contributed by atoms with Gasteiger partial charge in [0.2, 0.25) is 15.9 Å². The fraction of sp³-hybridized carbons (Fsp3) is 0.222. The van der Waals surface area contributed by atoms with Crippen LogP contribution < -0.4 is 20.5 Å². The van der Waals surface area contributed by atoms with Crippen LogP contribution in [0.2, 0.25) is 5.02 Å². The van der Waals surface area contributed by atoms with Gasteiger partial charge < -0.3 is 15.4 Å². The molecule has 2 amide bonds. The maximum atomic E-state index is 12.5. The van der Waals surface area contributed by atoms with Gasteiger partial charge in [-0.1, -0.05) is 23.7 Å². The van der Waals surface area contributed by atoms with Crippen molar-refractivity contribution in [3.63, 3.8) is 0 Å². The summed E-state index contributed by atoms with van der Waals surface area (Å²) >= 11 is 6.12. The van der Waals surface area contributed by atoms with E-state index in [9.17, 15) is 18.0 Å². The SMILES string of the molecule is COc1cc(NC(C)=O)c(Cl)cc1C(=O)NCCc1ccc(S(N)(=O)=O)cc1. The first-order chi connectivity index (χ1) is 13.1. The van der Waals surface area contributed by atoms with Crippen molar-refractivity contribution in [3.8, 4) is 5.75 Å². The molecule has 0 saturated heterocycles. The van der Waals surface area contributed by atoms with Crippen molar-refractivity contribution in [2.75, 3.05) is 19.0 Å². The van der Waals surface area contributed by atoms with E-state index in [1.54, 1.807) is 12.1 Å². The third kappa shape index (κ3) is 5.69. The van der Waals surface area contributed by atoms with Crippen LogP contribution in [0.25, 0.3) is 0 Å². The molecule has 10 heteroatoms. The molecular formula is C18H20ClN3O5S. The van der Waals surface area contributed by atoms with E-state index in [0.29, 0.717) is 18.7 Å². The molecular weight excluding hydrogens is 406 g/mol. The Morgan fingerprint density at radius 1 is 1.18 bits per heavy atom. The molecule has 4 N–H and O–H groups in total. The number of nitrogens with two attached hydrogens (primary N) is 1. The molecule has 8 nitrogen and oxygen atoms in total. The molecule has 0 aliphatic heterocycles. The van der Waals surface area contributed by atoms with Gasteiger partial charge in [0.25, 0.3) is 5.91 Å². The van der Waals surface area contributed by atoms with Crippen LogP contribution in [0.3, 0.4) is 0 Å². The summed E-state index contributed by atoms with van der Waals surface area (Å²) in [5.41, 5.74) is 1.40. The molecule has 28 heavy (non-hydrogen) atoms. The Morgan fingerprint density at radius 2 is 1.82 bits per heavy atom. The first kappa shape index (κ1) is 21.7. The van der Waals surface area contributed by atoms with Crippen LogP contribution in [0.1, 0.15) is 22.8 Å². The summed E-state index contributed by atoms with van der Waals surface area (Å²) in [6.45, 7) is 1.65. The standard InChI is InChI=1S/C18H20ClN3O5S/c1-11(23)22-16-10-17(27-2)14(9-15(16)19)18(24)21-8-7-12-3-5-13(6-4-12)28(20,25)26/h3-6,9-10H,7-8H2,1-2H3,(H,21,24)(H,22,23)(H2,20,25,26). The van der Waals surface area contributed by atoms with Crippen molar-refractivity contribution >= 4 is 39.1 Å². The molecule has 0 fully saturated rings. The summed E-state index contributed by atoms with van der Waals surface area (Å²) in [6.07, 6.45) is 0.483. The van der Waals surface area contributed by atoms with Gasteiger partial charge in [0, 0.05) is 19.5 Å². The highest BCUT2D eigenvalue weighted by Crippen LogP contribution is 2.31. The fourth-order valence-electron chi connectivity index (χ4n) is 2.45. The number of sulfonamides is 1. The fourth-order valence-corrected chi connectivity index (χ4v) is 3.17. The van der Waals surface area contributed by atoms with Crippen LogP contribution >= 0.6 is 11.6 Å². The zero-order chi connectivity index (χ0) is 20.9. The maximum Gasteiger partial charge on any atom is 0.255 e. The molecule has 0 bridgehead atoms. The summed E-state index contributed by atoms with van der Waals surface area (Å²) in [5.74, 6) is -0.424. The Balaban J connectivity index is 2.04. The molecule has 0 atom stereocenters. The van der Waals surface area contributed by atoms with E-state index in [2.05, 4.69) is 10.6 Å². The monoisotopic (exact) mass is 425 g/mol. The van der Waals surface area contributed by atoms with Crippen molar-refractivity contribution in [1.29, 1.82) is 0 Å². The Hall–Kier alpha value is -2.62. The summed E-state index contributed by atoms with van der Waals surface area (Å²) < 4.78 is 27.7. The Bertz CT molecular complexity index is 991. The number of hydrogen-bond acceptors (Lipinski definition) is 5. The Labute approximate surface area is 168 Å². The van der Waals surface area contributed by atoms with Crippen molar-refractivity contribution in [1.82, 2.24) is 5.32 Å². The van der Waals surface area contributed by atoms with Crippen LogP contribution in [0.4, 0.5) is 5.69 Å². The minimum atomic E-state index is -3.73. The predicted molar refractivity (Wildman–Crippen MR) is 106 cm³/mol. The molecule has 0 saturated carbocycles. The van der Waals surface area contributed by atoms with Crippen LogP contribution in [0.5, 0.6) is 5.75 Å². The van der Waals surface area contributed by atoms with Gasteiger partial charge in [-0.05, 0) is 30.2 Å². The van der Waals surface area contributed by atoms with Gasteiger partial charge in [-0.25, -0.2) is 13.6 Å². The second kappa shape index (κ2) is 9.05. The van der Waals surface area contributed by atoms with Gasteiger partial charge in [0.05, 0.1) is 28.3 Å². The topological polar surface area (TPSA) is 128 Å². The van der Waals surface area contributed by atoms with Crippen LogP contribution in [-0.2, 0) is 21.2 Å². The van der Waals surface area contributed by atoms with E-state index >= 15 is 0 Å². The second-order valence-corrected chi connectivity index (χ2v) is 7.88. The lowest BCUT2D eigenvalue weighted by Crippen LogP contribution is -2.26. The number of hydrogen-bond donors (Lipinski definition) is 3. The molecule has 2 aromatic rings. The number of rotatable bonds is 7. The van der Waals surface area contributed by atoms with Gasteiger partial charge in [-0.15, -0.1) is 0 Å². The van der Waals surface area contributed by atoms with E-state index in [4.69, 9.17) is 21.5 Å². The zero-order valence-electron chi connectivity index (χ0n) is 15.3. The maximum absolute atomic E-state index is 12.5. The molecule has 0 aliphatic rings. The Morgan fingerprint density at radius 3 is 2.36 bits per heavy atom. The van der Waals surface area contributed by atoms with E-state index in [-0.39, 0.29) is 27.1 Å². The molecule has 0 aromatic heterocycles. The van der Waals surface area contributed by atoms with Gasteiger partial charge in [0.15, 0.2) is 0 Å². The van der Waals surface area contributed by atoms with Crippen molar-refractivity contribution < 1.29 is 22.7 Å². The van der Waals surface area contributed by atoms with Crippen LogP contribution in [0.15, 0.2) is 41.3 Å². The molecule has 150 valence electrons. The third-order valence-corrected chi connectivity index (χ3v) is 5.04. The molecule has 2 rings (SSSR count). The number of anilines is 1. The quantitative estimate of drug-likeness (QED) is 0.624. The van der Waals surface area contributed by atoms with Crippen molar-refractivity contribution in [3.05, 3.63) is 52.5 Å². The van der Waals surface area contributed by atoms with Crippen molar-refractivity contribution in [2.45, 2.75) is 18.2 Å².